The Kier molecular flexibility index (Phi) is 11.6. The Morgan fingerprint density at radius 1 is 0.925 bits per heavy atom. The van der Waals surface area contributed by atoms with E-state index in [0.717, 1.165) is 12.8 Å². The minimum atomic E-state index is -1.30. The average molecular weight is 564 g/mol. The second-order valence-electron chi connectivity index (χ2n) is 10.2. The van der Waals surface area contributed by atoms with Crippen molar-refractivity contribution in [3.8, 4) is 0 Å². The van der Waals surface area contributed by atoms with Crippen molar-refractivity contribution < 1.29 is 47.9 Å². The van der Waals surface area contributed by atoms with Crippen LogP contribution in [0.3, 0.4) is 0 Å². The van der Waals surface area contributed by atoms with E-state index in [2.05, 4.69) is 10.2 Å². The molecule has 0 aromatic carbocycles. The maximum absolute atomic E-state index is 12.5. The third kappa shape index (κ3) is 9.16. The van der Waals surface area contributed by atoms with Crippen molar-refractivity contribution in [3.05, 3.63) is 12.2 Å². The number of imide groups is 2. The van der Waals surface area contributed by atoms with Gasteiger partial charge in [0.25, 0.3) is 29.9 Å². The Bertz CT molecular complexity index is 984. The Morgan fingerprint density at radius 2 is 1.57 bits per heavy atom. The molecule has 2 aliphatic heterocycles. The number of amides is 5. The van der Waals surface area contributed by atoms with Gasteiger partial charge < -0.3 is 14.8 Å². The van der Waals surface area contributed by atoms with Crippen molar-refractivity contribution in [2.75, 3.05) is 13.1 Å². The van der Waals surface area contributed by atoms with Crippen molar-refractivity contribution in [2.45, 2.75) is 90.3 Å². The van der Waals surface area contributed by atoms with Gasteiger partial charge in [-0.25, -0.2) is 4.79 Å². The molecule has 0 spiro atoms. The van der Waals surface area contributed by atoms with E-state index in [1.54, 1.807) is 6.92 Å². The van der Waals surface area contributed by atoms with Crippen LogP contribution in [0.2, 0.25) is 0 Å². The summed E-state index contributed by atoms with van der Waals surface area (Å²) in [5, 5.41) is 3.30. The highest BCUT2D eigenvalue weighted by atomic mass is 16.9. The van der Waals surface area contributed by atoms with Gasteiger partial charge in [-0.15, -0.1) is 0 Å². The van der Waals surface area contributed by atoms with Gasteiger partial charge in [-0.2, -0.15) is 0 Å². The summed E-state index contributed by atoms with van der Waals surface area (Å²) >= 11 is 0. The van der Waals surface area contributed by atoms with Gasteiger partial charge in [0, 0.05) is 56.8 Å². The number of esters is 1. The minimum absolute atomic E-state index is 0.00313. The molecule has 0 aromatic rings. The lowest BCUT2D eigenvalue weighted by atomic mass is 9.81. The summed E-state index contributed by atoms with van der Waals surface area (Å²) in [5.74, 6) is -2.27. The van der Waals surface area contributed by atoms with E-state index in [1.165, 1.54) is 17.1 Å². The van der Waals surface area contributed by atoms with Crippen LogP contribution in [0, 0.1) is 11.8 Å². The lowest BCUT2D eigenvalue weighted by Gasteiger charge is -2.30. The third-order valence-electron chi connectivity index (χ3n) is 7.10. The van der Waals surface area contributed by atoms with Gasteiger partial charge in [0.2, 0.25) is 5.91 Å². The molecule has 13 heteroatoms. The number of unbranched alkanes of at least 4 members (excludes halogenated alkanes) is 2. The summed E-state index contributed by atoms with van der Waals surface area (Å²) in [6.07, 6.45) is 5.72. The van der Waals surface area contributed by atoms with Gasteiger partial charge in [0.15, 0.2) is 0 Å². The van der Waals surface area contributed by atoms with Crippen molar-refractivity contribution in [1.82, 2.24) is 15.3 Å². The quantitative estimate of drug-likeness (QED) is 0.143. The number of rotatable bonds is 14. The van der Waals surface area contributed by atoms with Gasteiger partial charge in [-0.3, -0.25) is 38.5 Å². The number of carbonyl (C=O) groups excluding carboxylic acids is 7. The van der Waals surface area contributed by atoms with Gasteiger partial charge >= 0.3 is 12.1 Å². The molecule has 3 aliphatic rings. The van der Waals surface area contributed by atoms with E-state index in [4.69, 9.17) is 9.47 Å². The molecule has 2 heterocycles. The Morgan fingerprint density at radius 3 is 2.20 bits per heavy atom. The number of hydrogen-bond donors (Lipinski definition) is 1. The van der Waals surface area contributed by atoms with Crippen LogP contribution in [-0.2, 0) is 43.1 Å². The molecule has 1 saturated carbocycles. The Balaban J connectivity index is 1.24. The smallest absolute Gasteiger partial charge is 0.425 e. The van der Waals surface area contributed by atoms with E-state index in [9.17, 15) is 33.6 Å². The second-order valence-corrected chi connectivity index (χ2v) is 10.2. The zero-order valence-corrected chi connectivity index (χ0v) is 22.8. The van der Waals surface area contributed by atoms with Crippen molar-refractivity contribution >= 4 is 41.7 Å². The Labute approximate surface area is 232 Å². The maximum atomic E-state index is 12.5. The first kappa shape index (κ1) is 30.8. The van der Waals surface area contributed by atoms with Crippen LogP contribution in [0.15, 0.2) is 12.2 Å². The van der Waals surface area contributed by atoms with E-state index < -0.39 is 30.2 Å². The zero-order chi connectivity index (χ0) is 29.1. The SMILES string of the molecule is CCCC(OC(=O)CCCCCNC(=O)C1CCC(CN2C(=O)C=CC2=O)CC1)OC(=O)ON1C(=O)CCC1=O. The largest absolute Gasteiger partial charge is 0.537 e. The minimum Gasteiger partial charge on any atom is -0.425 e. The Hall–Kier alpha value is -3.77. The molecule has 40 heavy (non-hydrogen) atoms. The zero-order valence-electron chi connectivity index (χ0n) is 22.8. The summed E-state index contributed by atoms with van der Waals surface area (Å²) in [6.45, 7) is 2.69. The summed E-state index contributed by atoms with van der Waals surface area (Å²) in [7, 11) is 0. The van der Waals surface area contributed by atoms with Gasteiger partial charge in [0.1, 0.15) is 0 Å². The first-order valence-electron chi connectivity index (χ1n) is 13.9. The number of carbonyl (C=O) groups is 7. The first-order chi connectivity index (χ1) is 19.2. The van der Waals surface area contributed by atoms with E-state index in [0.29, 0.717) is 56.7 Å². The molecule has 0 bridgehead atoms. The van der Waals surface area contributed by atoms with E-state index >= 15 is 0 Å². The molecular weight excluding hydrogens is 526 g/mol. The molecule has 1 N–H and O–H groups in total. The summed E-state index contributed by atoms with van der Waals surface area (Å²) in [6, 6.07) is 0. The normalized spacial score (nSPS) is 21.5. The fraction of sp³-hybridized carbons (Fsp3) is 0.667. The van der Waals surface area contributed by atoms with Crippen LogP contribution in [0.25, 0.3) is 0 Å². The fourth-order valence-electron chi connectivity index (χ4n) is 4.85. The number of nitrogens with zero attached hydrogens (tertiary/aromatic N) is 2. The van der Waals surface area contributed by atoms with Crippen LogP contribution >= 0.6 is 0 Å². The molecule has 1 unspecified atom stereocenters. The molecule has 13 nitrogen and oxygen atoms in total. The fourth-order valence-corrected chi connectivity index (χ4v) is 4.85. The third-order valence-corrected chi connectivity index (χ3v) is 7.10. The van der Waals surface area contributed by atoms with Gasteiger partial charge in [-0.05, 0) is 50.9 Å². The number of nitrogens with one attached hydrogen (secondary N) is 1. The number of hydrogen-bond acceptors (Lipinski definition) is 10. The predicted molar refractivity (Wildman–Crippen MR) is 136 cm³/mol. The molecule has 1 atom stereocenters. The molecule has 220 valence electrons. The van der Waals surface area contributed by atoms with Crippen molar-refractivity contribution in [2.24, 2.45) is 11.8 Å². The van der Waals surface area contributed by atoms with Crippen LogP contribution in [0.1, 0.15) is 84.0 Å². The molecular formula is C27H37N3O10. The summed E-state index contributed by atoms with van der Waals surface area (Å²) in [4.78, 5) is 89.1. The number of ether oxygens (including phenoxy) is 2. The van der Waals surface area contributed by atoms with Crippen molar-refractivity contribution in [1.29, 1.82) is 0 Å². The predicted octanol–water partition coefficient (Wildman–Crippen LogP) is 2.28. The summed E-state index contributed by atoms with van der Waals surface area (Å²) in [5.41, 5.74) is 0. The molecule has 0 radical (unpaired) electrons. The van der Waals surface area contributed by atoms with Crippen LogP contribution < -0.4 is 5.32 Å². The second kappa shape index (κ2) is 15.1. The highest BCUT2D eigenvalue weighted by Gasteiger charge is 2.34. The maximum Gasteiger partial charge on any atom is 0.537 e. The van der Waals surface area contributed by atoms with Crippen LogP contribution in [0.5, 0.6) is 0 Å². The molecule has 1 saturated heterocycles. The number of hydroxylamine groups is 2. The van der Waals surface area contributed by atoms with E-state index in [1.807, 2.05) is 0 Å². The van der Waals surface area contributed by atoms with E-state index in [-0.39, 0.29) is 55.2 Å². The summed E-state index contributed by atoms with van der Waals surface area (Å²) < 4.78 is 10.2. The van der Waals surface area contributed by atoms with Gasteiger partial charge in [0.05, 0.1) is 0 Å². The van der Waals surface area contributed by atoms with Gasteiger partial charge in [-0.1, -0.05) is 18.4 Å². The molecule has 0 aromatic heterocycles. The average Bonchev–Trinajstić information content (AvgIpc) is 3.41. The van der Waals surface area contributed by atoms with Crippen LogP contribution in [-0.4, -0.2) is 71.0 Å². The topological polar surface area (TPSA) is 166 Å². The van der Waals surface area contributed by atoms with Crippen molar-refractivity contribution in [3.63, 3.8) is 0 Å². The highest BCUT2D eigenvalue weighted by Crippen LogP contribution is 2.30. The standard InChI is InChI=1S/C27H37N3O10/c1-2-6-25(39-27(37)40-30-22(33)14-15-23(30)34)38-24(35)7-4-3-5-16-28-26(36)19-10-8-18(9-11-19)17-29-20(31)12-13-21(29)32/h12-13,18-19,25H,2-11,14-17H2,1H3,(H,28,36). The molecule has 2 fully saturated rings. The molecule has 1 aliphatic carbocycles. The molecule has 5 amide bonds. The lowest BCUT2D eigenvalue weighted by molar-refractivity contribution is -0.194. The first-order valence-corrected chi connectivity index (χ1v) is 13.9. The van der Waals surface area contributed by atoms with Crippen LogP contribution in [0.4, 0.5) is 4.79 Å². The monoisotopic (exact) mass is 563 g/mol. The lowest BCUT2D eigenvalue weighted by Crippen LogP contribution is -2.38. The highest BCUT2D eigenvalue weighted by molar-refractivity contribution is 6.12. The molecule has 3 rings (SSSR count).